The second-order valence-corrected chi connectivity index (χ2v) is 5.88. The van der Waals surface area contributed by atoms with Gasteiger partial charge in [-0.15, -0.1) is 0 Å². The Balaban J connectivity index is 2.37. The summed E-state index contributed by atoms with van der Waals surface area (Å²) in [4.78, 5) is 4.20. The molecule has 0 aromatic heterocycles. The third kappa shape index (κ3) is 2.98. The Morgan fingerprint density at radius 3 is 2.10 bits per heavy atom. The van der Waals surface area contributed by atoms with Gasteiger partial charge in [-0.25, -0.2) is 0 Å². The highest BCUT2D eigenvalue weighted by Crippen LogP contribution is 2.37. The molecule has 3 nitrogen and oxygen atoms in total. The first-order chi connectivity index (χ1) is 9.54. The molecule has 0 fully saturated rings. The number of aliphatic hydroxyl groups excluding tert-OH is 1. The first-order valence-electron chi connectivity index (χ1n) is 7.35. The van der Waals surface area contributed by atoms with E-state index in [1.807, 2.05) is 11.1 Å². The van der Waals surface area contributed by atoms with Gasteiger partial charge < -0.3 is 14.9 Å². The van der Waals surface area contributed by atoms with E-state index in [4.69, 9.17) is 5.11 Å². The first-order valence-corrected chi connectivity index (χ1v) is 7.35. The average molecular weight is 273 g/mol. The molecule has 1 aliphatic rings. The highest BCUT2D eigenvalue weighted by molar-refractivity contribution is 5.65. The summed E-state index contributed by atoms with van der Waals surface area (Å²) in [5.74, 6) is 0.967. The predicted octanol–water partition coefficient (Wildman–Crippen LogP) is 3.64. The SMILES string of the molecule is CC(C)c1cccc(C(C)C)c1N1[CH]N(CCO)C=C1. The number of hydrogen-bond donors (Lipinski definition) is 1. The third-order valence-corrected chi connectivity index (χ3v) is 3.65. The Kier molecular flexibility index (Phi) is 4.71. The van der Waals surface area contributed by atoms with Gasteiger partial charge in [0.25, 0.3) is 0 Å². The Morgan fingerprint density at radius 1 is 1.00 bits per heavy atom. The van der Waals surface area contributed by atoms with Crippen molar-refractivity contribution in [1.29, 1.82) is 0 Å². The zero-order valence-corrected chi connectivity index (χ0v) is 12.9. The van der Waals surface area contributed by atoms with Crippen molar-refractivity contribution in [3.8, 4) is 0 Å². The number of anilines is 1. The minimum absolute atomic E-state index is 0.164. The number of benzene rings is 1. The number of β-amino-alcohol motifs (C(OH)–C–C–N with tert-alkyl or cyclic N) is 1. The fourth-order valence-corrected chi connectivity index (χ4v) is 2.58. The molecule has 20 heavy (non-hydrogen) atoms. The molecule has 0 amide bonds. The van der Waals surface area contributed by atoms with Gasteiger partial charge in [-0.05, 0) is 23.0 Å². The van der Waals surface area contributed by atoms with E-state index in [9.17, 15) is 0 Å². The normalized spacial score (nSPS) is 14.9. The summed E-state index contributed by atoms with van der Waals surface area (Å²) in [6, 6.07) is 6.57. The molecule has 0 unspecified atom stereocenters. The topological polar surface area (TPSA) is 26.7 Å². The van der Waals surface area contributed by atoms with E-state index in [-0.39, 0.29) is 6.61 Å². The van der Waals surface area contributed by atoms with Gasteiger partial charge in [-0.2, -0.15) is 0 Å². The van der Waals surface area contributed by atoms with Crippen molar-refractivity contribution >= 4 is 5.69 Å². The first kappa shape index (κ1) is 14.9. The average Bonchev–Trinajstić information content (AvgIpc) is 2.86. The molecule has 1 heterocycles. The summed E-state index contributed by atoms with van der Waals surface area (Å²) in [6.07, 6.45) is 4.08. The summed E-state index contributed by atoms with van der Waals surface area (Å²) >= 11 is 0. The van der Waals surface area contributed by atoms with Gasteiger partial charge in [0.05, 0.1) is 6.61 Å². The molecule has 3 heteroatoms. The van der Waals surface area contributed by atoms with Crippen molar-refractivity contribution in [3.63, 3.8) is 0 Å². The summed E-state index contributed by atoms with van der Waals surface area (Å²) in [6.45, 7) is 11.8. The van der Waals surface area contributed by atoms with Crippen LogP contribution in [0.2, 0.25) is 0 Å². The molecule has 1 aromatic carbocycles. The highest BCUT2D eigenvalue weighted by atomic mass is 16.3. The minimum atomic E-state index is 0.164. The van der Waals surface area contributed by atoms with Crippen LogP contribution in [0.3, 0.4) is 0 Å². The van der Waals surface area contributed by atoms with Crippen molar-refractivity contribution in [2.45, 2.75) is 39.5 Å². The van der Waals surface area contributed by atoms with Crippen molar-refractivity contribution in [2.24, 2.45) is 0 Å². The maximum absolute atomic E-state index is 9.06. The maximum atomic E-state index is 9.06. The summed E-state index contributed by atoms with van der Waals surface area (Å²) < 4.78 is 0. The van der Waals surface area contributed by atoms with E-state index in [0.717, 1.165) is 0 Å². The van der Waals surface area contributed by atoms with Gasteiger partial charge in [0.1, 0.15) is 6.67 Å². The lowest BCUT2D eigenvalue weighted by atomic mass is 9.92. The van der Waals surface area contributed by atoms with Gasteiger partial charge in [-0.1, -0.05) is 45.9 Å². The molecule has 109 valence electrons. The standard InChI is InChI=1S/C17H25N2O/c1-13(2)15-6-5-7-16(14(3)4)17(15)19-9-8-18(12-19)10-11-20/h5-9,12-14,20H,10-11H2,1-4H3. The smallest absolute Gasteiger partial charge is 0.146 e. The van der Waals surface area contributed by atoms with E-state index >= 15 is 0 Å². The fraction of sp³-hybridized carbons (Fsp3) is 0.471. The van der Waals surface area contributed by atoms with E-state index in [1.54, 1.807) is 0 Å². The molecule has 2 rings (SSSR count). The van der Waals surface area contributed by atoms with Crippen LogP contribution in [0.4, 0.5) is 5.69 Å². The van der Waals surface area contributed by atoms with Gasteiger partial charge in [0.15, 0.2) is 0 Å². The van der Waals surface area contributed by atoms with Gasteiger partial charge in [0, 0.05) is 24.6 Å². The van der Waals surface area contributed by atoms with Crippen molar-refractivity contribution < 1.29 is 5.11 Å². The number of hydrogen-bond acceptors (Lipinski definition) is 3. The molecule has 1 N–H and O–H groups in total. The summed E-state index contributed by atoms with van der Waals surface area (Å²) in [7, 11) is 0. The van der Waals surface area contributed by atoms with Gasteiger partial charge in [0.2, 0.25) is 0 Å². The van der Waals surface area contributed by atoms with Gasteiger partial charge >= 0.3 is 0 Å². The zero-order chi connectivity index (χ0) is 14.7. The number of nitrogens with zero attached hydrogens (tertiary/aromatic N) is 2. The number of aliphatic hydroxyl groups is 1. The minimum Gasteiger partial charge on any atom is -0.395 e. The van der Waals surface area contributed by atoms with Crippen molar-refractivity contribution in [1.82, 2.24) is 4.90 Å². The van der Waals surface area contributed by atoms with Crippen LogP contribution < -0.4 is 4.90 Å². The molecule has 1 aliphatic heterocycles. The second kappa shape index (κ2) is 6.31. The van der Waals surface area contributed by atoms with Crippen LogP contribution in [0.1, 0.15) is 50.7 Å². The van der Waals surface area contributed by atoms with Crippen LogP contribution in [0.15, 0.2) is 30.6 Å². The second-order valence-electron chi connectivity index (χ2n) is 5.88. The van der Waals surface area contributed by atoms with Crippen molar-refractivity contribution in [3.05, 3.63) is 48.4 Å². The highest BCUT2D eigenvalue weighted by Gasteiger charge is 2.22. The Bertz CT molecular complexity index is 454. The lowest BCUT2D eigenvalue weighted by Crippen LogP contribution is -2.23. The predicted molar refractivity (Wildman–Crippen MR) is 84.3 cm³/mol. The van der Waals surface area contributed by atoms with Crippen LogP contribution in [-0.4, -0.2) is 23.2 Å². The quantitative estimate of drug-likeness (QED) is 0.887. The monoisotopic (exact) mass is 273 g/mol. The van der Waals surface area contributed by atoms with Gasteiger partial charge in [-0.3, -0.25) is 0 Å². The van der Waals surface area contributed by atoms with Crippen LogP contribution >= 0.6 is 0 Å². The summed E-state index contributed by atoms with van der Waals surface area (Å²) in [5, 5.41) is 9.06. The molecule has 0 saturated heterocycles. The molecule has 0 saturated carbocycles. The molecule has 1 radical (unpaired) electrons. The van der Waals surface area contributed by atoms with Crippen LogP contribution in [0, 0.1) is 6.67 Å². The molecule has 1 aromatic rings. The molecule has 0 spiro atoms. The molecular weight excluding hydrogens is 248 g/mol. The fourth-order valence-electron chi connectivity index (χ4n) is 2.58. The van der Waals surface area contributed by atoms with E-state index < -0.39 is 0 Å². The largest absolute Gasteiger partial charge is 0.395 e. The Hall–Kier alpha value is -1.48. The zero-order valence-electron chi connectivity index (χ0n) is 12.9. The van der Waals surface area contributed by atoms with Crippen LogP contribution in [0.25, 0.3) is 0 Å². The lowest BCUT2D eigenvalue weighted by molar-refractivity contribution is 0.257. The van der Waals surface area contributed by atoms with Crippen molar-refractivity contribution in [2.75, 3.05) is 18.1 Å². The third-order valence-electron chi connectivity index (χ3n) is 3.65. The van der Waals surface area contributed by atoms with Crippen LogP contribution in [-0.2, 0) is 0 Å². The molecular formula is C17H25N2O. The summed E-state index contributed by atoms with van der Waals surface area (Å²) in [5.41, 5.74) is 4.01. The number of rotatable bonds is 5. The molecule has 0 aliphatic carbocycles. The van der Waals surface area contributed by atoms with E-state index in [2.05, 4.69) is 63.7 Å². The molecule has 0 atom stereocenters. The van der Waals surface area contributed by atoms with E-state index in [0.29, 0.717) is 18.4 Å². The van der Waals surface area contributed by atoms with E-state index in [1.165, 1.54) is 16.8 Å². The Labute approximate surface area is 122 Å². The number of para-hydroxylation sites is 1. The Morgan fingerprint density at radius 2 is 1.60 bits per heavy atom. The molecule has 0 bridgehead atoms. The lowest BCUT2D eigenvalue weighted by Gasteiger charge is -2.27. The van der Waals surface area contributed by atoms with Crippen LogP contribution in [0.5, 0.6) is 0 Å². The maximum Gasteiger partial charge on any atom is 0.146 e.